The zero-order valence-corrected chi connectivity index (χ0v) is 14.7. The van der Waals surface area contributed by atoms with E-state index < -0.39 is 5.82 Å². The molecule has 0 saturated heterocycles. The molecule has 0 amide bonds. The maximum atomic E-state index is 13.4. The summed E-state index contributed by atoms with van der Waals surface area (Å²) >= 11 is 5.90. The molecule has 23 heavy (non-hydrogen) atoms. The lowest BCUT2D eigenvalue weighted by molar-refractivity contribution is 0.119. The standard InChI is InChI=1S/C18H22ClFN2O/c1-5-21-18(3,11-23-4)14-8-12(2)22-17(10-14)13-6-7-16(20)15(19)9-13/h6-10,21H,5,11H2,1-4H3. The molecule has 0 bridgehead atoms. The van der Waals surface area contributed by atoms with Crippen LogP contribution >= 0.6 is 11.6 Å². The lowest BCUT2D eigenvalue weighted by Gasteiger charge is -2.31. The number of aromatic nitrogens is 1. The summed E-state index contributed by atoms with van der Waals surface area (Å²) < 4.78 is 18.8. The number of hydrogen-bond donors (Lipinski definition) is 1. The first-order valence-corrected chi connectivity index (χ1v) is 7.96. The van der Waals surface area contributed by atoms with Gasteiger partial charge in [-0.05, 0) is 56.3 Å². The van der Waals surface area contributed by atoms with Gasteiger partial charge < -0.3 is 10.1 Å². The summed E-state index contributed by atoms with van der Waals surface area (Å²) in [5.74, 6) is -0.430. The molecular formula is C18H22ClFN2O. The molecule has 0 spiro atoms. The minimum absolute atomic E-state index is 0.0960. The van der Waals surface area contributed by atoms with E-state index in [4.69, 9.17) is 16.3 Å². The Bertz CT molecular complexity index is 685. The molecule has 2 rings (SSSR count). The number of nitrogens with zero attached hydrogens (tertiary/aromatic N) is 1. The van der Waals surface area contributed by atoms with Crippen LogP contribution in [0, 0.1) is 12.7 Å². The number of aryl methyl sites for hydroxylation is 1. The lowest BCUT2D eigenvalue weighted by atomic mass is 9.91. The van der Waals surface area contributed by atoms with Crippen molar-refractivity contribution in [3.8, 4) is 11.3 Å². The SMILES string of the molecule is CCNC(C)(COC)c1cc(C)nc(-c2ccc(F)c(Cl)c2)c1. The molecule has 5 heteroatoms. The minimum atomic E-state index is -0.430. The summed E-state index contributed by atoms with van der Waals surface area (Å²) in [6, 6.07) is 8.69. The van der Waals surface area contributed by atoms with Crippen molar-refractivity contribution in [2.24, 2.45) is 0 Å². The van der Waals surface area contributed by atoms with Gasteiger partial charge in [-0.1, -0.05) is 18.5 Å². The van der Waals surface area contributed by atoms with Gasteiger partial charge in [0.1, 0.15) is 5.82 Å². The number of ether oxygens (including phenoxy) is 1. The highest BCUT2D eigenvalue weighted by atomic mass is 35.5. The van der Waals surface area contributed by atoms with Gasteiger partial charge in [-0.2, -0.15) is 0 Å². The zero-order valence-electron chi connectivity index (χ0n) is 13.9. The average molecular weight is 337 g/mol. The normalized spacial score (nSPS) is 13.8. The van der Waals surface area contributed by atoms with E-state index in [1.165, 1.54) is 6.07 Å². The third-order valence-corrected chi connectivity index (χ3v) is 4.10. The highest BCUT2D eigenvalue weighted by Crippen LogP contribution is 2.28. The van der Waals surface area contributed by atoms with Gasteiger partial charge in [0, 0.05) is 18.4 Å². The molecule has 0 fully saturated rings. The molecule has 0 saturated carbocycles. The van der Waals surface area contributed by atoms with Crippen molar-refractivity contribution in [1.82, 2.24) is 10.3 Å². The third kappa shape index (κ3) is 4.08. The summed E-state index contributed by atoms with van der Waals surface area (Å²) in [5, 5.41) is 3.56. The fourth-order valence-electron chi connectivity index (χ4n) is 2.71. The van der Waals surface area contributed by atoms with Crippen molar-refractivity contribution in [3.63, 3.8) is 0 Å². The van der Waals surface area contributed by atoms with Crippen molar-refractivity contribution in [2.75, 3.05) is 20.3 Å². The molecule has 0 aliphatic heterocycles. The molecule has 0 radical (unpaired) electrons. The Morgan fingerprint density at radius 2 is 2.04 bits per heavy atom. The van der Waals surface area contributed by atoms with E-state index in [9.17, 15) is 4.39 Å². The molecule has 2 aromatic rings. The van der Waals surface area contributed by atoms with Crippen LogP contribution in [0.25, 0.3) is 11.3 Å². The maximum absolute atomic E-state index is 13.4. The number of nitrogens with one attached hydrogen (secondary N) is 1. The van der Waals surface area contributed by atoms with E-state index >= 15 is 0 Å². The first-order chi connectivity index (χ1) is 10.9. The fourth-order valence-corrected chi connectivity index (χ4v) is 2.89. The van der Waals surface area contributed by atoms with Crippen LogP contribution in [0.3, 0.4) is 0 Å². The predicted octanol–water partition coefficient (Wildman–Crippen LogP) is 4.32. The van der Waals surface area contributed by atoms with Crippen LogP contribution in [0.15, 0.2) is 30.3 Å². The van der Waals surface area contributed by atoms with E-state index in [-0.39, 0.29) is 10.6 Å². The van der Waals surface area contributed by atoms with Gasteiger partial charge >= 0.3 is 0 Å². The summed E-state index contributed by atoms with van der Waals surface area (Å²) in [6.07, 6.45) is 0. The number of hydrogen-bond acceptors (Lipinski definition) is 3. The van der Waals surface area contributed by atoms with Crippen molar-refractivity contribution in [1.29, 1.82) is 0 Å². The number of likely N-dealkylation sites (N-methyl/N-ethyl adjacent to an activating group) is 1. The first-order valence-electron chi connectivity index (χ1n) is 7.58. The van der Waals surface area contributed by atoms with Crippen molar-refractivity contribution in [2.45, 2.75) is 26.3 Å². The molecule has 1 aromatic carbocycles. The molecule has 1 heterocycles. The van der Waals surface area contributed by atoms with Crippen LogP contribution < -0.4 is 5.32 Å². The quantitative estimate of drug-likeness (QED) is 0.853. The lowest BCUT2D eigenvalue weighted by Crippen LogP contribution is -2.43. The van der Waals surface area contributed by atoms with Gasteiger partial charge in [-0.3, -0.25) is 4.98 Å². The van der Waals surface area contributed by atoms with E-state index in [0.29, 0.717) is 6.61 Å². The van der Waals surface area contributed by atoms with Crippen molar-refractivity contribution in [3.05, 3.63) is 52.4 Å². The van der Waals surface area contributed by atoms with Gasteiger partial charge in [0.2, 0.25) is 0 Å². The summed E-state index contributed by atoms with van der Waals surface area (Å²) in [5.41, 5.74) is 3.19. The smallest absolute Gasteiger partial charge is 0.141 e. The molecule has 1 atom stereocenters. The first kappa shape index (κ1) is 17.9. The van der Waals surface area contributed by atoms with E-state index in [0.717, 1.165) is 29.1 Å². The average Bonchev–Trinajstić information content (AvgIpc) is 2.50. The highest BCUT2D eigenvalue weighted by Gasteiger charge is 2.26. The van der Waals surface area contributed by atoms with Crippen LogP contribution in [0.4, 0.5) is 4.39 Å². The molecule has 1 aromatic heterocycles. The molecule has 1 unspecified atom stereocenters. The summed E-state index contributed by atoms with van der Waals surface area (Å²) in [4.78, 5) is 4.56. The summed E-state index contributed by atoms with van der Waals surface area (Å²) in [6.45, 7) is 7.45. The number of methoxy groups -OCH3 is 1. The van der Waals surface area contributed by atoms with Gasteiger partial charge in [0.15, 0.2) is 0 Å². The third-order valence-electron chi connectivity index (χ3n) is 3.81. The second-order valence-corrected chi connectivity index (χ2v) is 6.21. The predicted molar refractivity (Wildman–Crippen MR) is 92.3 cm³/mol. The molecule has 0 aliphatic carbocycles. The Kier molecular flexibility index (Phi) is 5.74. The van der Waals surface area contributed by atoms with Crippen LogP contribution in [0.2, 0.25) is 5.02 Å². The highest BCUT2D eigenvalue weighted by molar-refractivity contribution is 6.31. The minimum Gasteiger partial charge on any atom is -0.382 e. The van der Waals surface area contributed by atoms with Crippen LogP contribution in [0.5, 0.6) is 0 Å². The number of benzene rings is 1. The van der Waals surface area contributed by atoms with Crippen molar-refractivity contribution >= 4 is 11.6 Å². The molecule has 124 valence electrons. The molecule has 3 nitrogen and oxygen atoms in total. The molecule has 1 N–H and O–H groups in total. The van der Waals surface area contributed by atoms with Crippen LogP contribution in [-0.2, 0) is 10.3 Å². The molecular weight excluding hydrogens is 315 g/mol. The van der Waals surface area contributed by atoms with E-state index in [2.05, 4.69) is 24.1 Å². The summed E-state index contributed by atoms with van der Waals surface area (Å²) in [7, 11) is 1.68. The Balaban J connectivity index is 2.51. The largest absolute Gasteiger partial charge is 0.382 e. The fraction of sp³-hybridized carbons (Fsp3) is 0.389. The topological polar surface area (TPSA) is 34.1 Å². The Morgan fingerprint density at radius 3 is 2.65 bits per heavy atom. The Hall–Kier alpha value is -1.49. The van der Waals surface area contributed by atoms with Gasteiger partial charge in [0.05, 0.1) is 22.9 Å². The van der Waals surface area contributed by atoms with Crippen molar-refractivity contribution < 1.29 is 9.13 Å². The Morgan fingerprint density at radius 1 is 1.30 bits per heavy atom. The second kappa shape index (κ2) is 7.39. The number of halogens is 2. The van der Waals surface area contributed by atoms with Gasteiger partial charge in [0.25, 0.3) is 0 Å². The second-order valence-electron chi connectivity index (χ2n) is 5.81. The van der Waals surface area contributed by atoms with Crippen LogP contribution in [-0.4, -0.2) is 25.2 Å². The maximum Gasteiger partial charge on any atom is 0.141 e. The van der Waals surface area contributed by atoms with Gasteiger partial charge in [-0.15, -0.1) is 0 Å². The zero-order chi connectivity index (χ0) is 17.0. The monoisotopic (exact) mass is 336 g/mol. The van der Waals surface area contributed by atoms with E-state index in [1.54, 1.807) is 19.2 Å². The van der Waals surface area contributed by atoms with E-state index in [1.807, 2.05) is 19.1 Å². The van der Waals surface area contributed by atoms with Crippen LogP contribution in [0.1, 0.15) is 25.1 Å². The number of rotatable bonds is 6. The number of pyridine rings is 1. The Labute approximate surface area is 141 Å². The molecule has 0 aliphatic rings. The van der Waals surface area contributed by atoms with Gasteiger partial charge in [-0.25, -0.2) is 4.39 Å².